The Labute approximate surface area is 167 Å². The van der Waals surface area contributed by atoms with Gasteiger partial charge in [0.2, 0.25) is 5.91 Å². The van der Waals surface area contributed by atoms with Gasteiger partial charge in [-0.3, -0.25) is 10.2 Å². The van der Waals surface area contributed by atoms with Gasteiger partial charge >= 0.3 is 0 Å². The van der Waals surface area contributed by atoms with Gasteiger partial charge in [0, 0.05) is 37.0 Å². The second-order valence-electron chi connectivity index (χ2n) is 6.84. The van der Waals surface area contributed by atoms with Crippen molar-refractivity contribution in [2.75, 3.05) is 33.3 Å². The molecule has 2 aliphatic heterocycles. The van der Waals surface area contributed by atoms with Crippen LogP contribution in [0.1, 0.15) is 17.8 Å². The van der Waals surface area contributed by atoms with Gasteiger partial charge in [-0.2, -0.15) is 0 Å². The number of benzene rings is 1. The van der Waals surface area contributed by atoms with Gasteiger partial charge in [-0.15, -0.1) is 11.3 Å². The summed E-state index contributed by atoms with van der Waals surface area (Å²) in [5.74, 6) is 1.38. The zero-order valence-corrected chi connectivity index (χ0v) is 16.5. The summed E-state index contributed by atoms with van der Waals surface area (Å²) in [6.45, 7) is 2.18. The number of aliphatic hydroxyl groups is 1. The molecule has 28 heavy (non-hydrogen) atoms. The second-order valence-corrected chi connectivity index (χ2v) is 7.70. The molecule has 146 valence electrons. The second kappa shape index (κ2) is 7.63. The van der Waals surface area contributed by atoms with Crippen LogP contribution in [0.15, 0.2) is 35.4 Å². The molecule has 0 aliphatic carbocycles. The van der Waals surface area contributed by atoms with Gasteiger partial charge in [-0.05, 0) is 30.7 Å². The normalized spacial score (nSPS) is 17.2. The largest absolute Gasteiger partial charge is 0.510 e. The minimum Gasteiger partial charge on any atom is -0.510 e. The molecule has 8 heteroatoms. The molecule has 2 N–H and O–H groups in total. The lowest BCUT2D eigenvalue weighted by molar-refractivity contribution is -0.127. The van der Waals surface area contributed by atoms with E-state index >= 15 is 0 Å². The summed E-state index contributed by atoms with van der Waals surface area (Å²) >= 11 is 1.41. The van der Waals surface area contributed by atoms with E-state index in [1.165, 1.54) is 11.3 Å². The van der Waals surface area contributed by atoms with Crippen LogP contribution in [0.25, 0.3) is 16.8 Å². The van der Waals surface area contributed by atoms with Crippen LogP contribution < -0.4 is 4.74 Å². The third-order valence-corrected chi connectivity index (χ3v) is 5.96. The quantitative estimate of drug-likeness (QED) is 0.781. The molecule has 0 spiro atoms. The Bertz CT molecular complexity index is 935. The molecule has 4 rings (SSSR count). The lowest BCUT2D eigenvalue weighted by Crippen LogP contribution is -2.37. The summed E-state index contributed by atoms with van der Waals surface area (Å²) in [6, 6.07) is 7.63. The fourth-order valence-corrected chi connectivity index (χ4v) is 4.41. The number of hydrogen-bond donors (Lipinski definition) is 2. The first-order valence-corrected chi connectivity index (χ1v) is 10.1. The minimum absolute atomic E-state index is 0.161. The third kappa shape index (κ3) is 3.47. The Balaban J connectivity index is 1.46. The number of likely N-dealkylation sites (tertiary alicyclic amines) is 1. The van der Waals surface area contributed by atoms with E-state index in [2.05, 4.69) is 4.98 Å². The Hall–Kier alpha value is -2.87. The van der Waals surface area contributed by atoms with Crippen molar-refractivity contribution in [1.29, 1.82) is 5.41 Å². The van der Waals surface area contributed by atoms with Crippen molar-refractivity contribution in [2.24, 2.45) is 0 Å². The fraction of sp³-hybridized carbons (Fsp3) is 0.350. The van der Waals surface area contributed by atoms with Gasteiger partial charge < -0.3 is 19.6 Å². The van der Waals surface area contributed by atoms with Crippen LogP contribution in [0, 0.1) is 5.41 Å². The Kier molecular flexibility index (Phi) is 5.04. The first kappa shape index (κ1) is 18.5. The number of carbonyl (C=O) groups excluding carboxylic acids is 1. The molecule has 1 fully saturated rings. The maximum Gasteiger partial charge on any atom is 0.222 e. The number of thiazole rings is 1. The summed E-state index contributed by atoms with van der Waals surface area (Å²) < 4.78 is 5.18. The molecule has 1 saturated heterocycles. The Morgan fingerprint density at radius 1 is 1.25 bits per heavy atom. The number of carbonyl (C=O) groups is 1. The molecule has 0 bridgehead atoms. The minimum atomic E-state index is 0.161. The van der Waals surface area contributed by atoms with E-state index in [9.17, 15) is 9.90 Å². The molecule has 0 saturated carbocycles. The predicted octanol–water partition coefficient (Wildman–Crippen LogP) is 3.00. The van der Waals surface area contributed by atoms with Crippen LogP contribution in [0.5, 0.6) is 5.75 Å². The monoisotopic (exact) mass is 398 g/mol. The van der Waals surface area contributed by atoms with Crippen molar-refractivity contribution in [1.82, 2.24) is 14.8 Å². The molecule has 0 atom stereocenters. The van der Waals surface area contributed by atoms with E-state index in [1.54, 1.807) is 12.0 Å². The average Bonchev–Trinajstić information content (AvgIpc) is 3.40. The summed E-state index contributed by atoms with van der Waals surface area (Å²) in [5.41, 5.74) is 2.24. The number of ether oxygens (including phenoxy) is 1. The molecular weight excluding hydrogens is 376 g/mol. The molecule has 2 aliphatic rings. The smallest absolute Gasteiger partial charge is 0.222 e. The molecule has 0 unspecified atom stereocenters. The van der Waals surface area contributed by atoms with E-state index in [0.29, 0.717) is 30.1 Å². The number of amides is 1. The van der Waals surface area contributed by atoms with Crippen LogP contribution >= 0.6 is 11.3 Å². The average molecular weight is 398 g/mol. The van der Waals surface area contributed by atoms with Gasteiger partial charge in [0.05, 0.1) is 24.9 Å². The fourth-order valence-electron chi connectivity index (χ4n) is 3.51. The standard InChI is InChI=1S/C20H22N4O3S/c1-27-14-6-4-13(5-7-14)15-12-28-20(22-15)18-16(25)11-24(19(18)21)10-9-23-8-2-3-17(23)26/h4-7,12,21,25H,2-3,8-11H2,1H3. The van der Waals surface area contributed by atoms with Crippen LogP contribution in [-0.2, 0) is 4.79 Å². The topological polar surface area (TPSA) is 89.8 Å². The summed E-state index contributed by atoms with van der Waals surface area (Å²) in [4.78, 5) is 20.0. The first-order chi connectivity index (χ1) is 13.6. The number of amidine groups is 1. The van der Waals surface area contributed by atoms with E-state index in [0.717, 1.165) is 30.0 Å². The maximum atomic E-state index is 11.8. The predicted molar refractivity (Wildman–Crippen MR) is 109 cm³/mol. The van der Waals surface area contributed by atoms with E-state index in [4.69, 9.17) is 10.1 Å². The number of hydrogen-bond acceptors (Lipinski definition) is 6. The van der Waals surface area contributed by atoms with E-state index in [1.807, 2.05) is 34.5 Å². The van der Waals surface area contributed by atoms with Crippen molar-refractivity contribution in [3.63, 3.8) is 0 Å². The van der Waals surface area contributed by atoms with Crippen molar-refractivity contribution in [3.05, 3.63) is 40.4 Å². The number of aliphatic hydroxyl groups excluding tert-OH is 1. The summed E-state index contributed by atoms with van der Waals surface area (Å²) in [6.07, 6.45) is 1.51. The molecule has 2 aromatic rings. The van der Waals surface area contributed by atoms with E-state index in [-0.39, 0.29) is 24.0 Å². The highest BCUT2D eigenvalue weighted by Gasteiger charge is 2.31. The number of methoxy groups -OCH3 is 1. The molecule has 0 radical (unpaired) electrons. The van der Waals surface area contributed by atoms with Crippen molar-refractivity contribution in [2.45, 2.75) is 12.8 Å². The van der Waals surface area contributed by atoms with Crippen molar-refractivity contribution in [3.8, 4) is 17.0 Å². The molecule has 1 aromatic heterocycles. The lowest BCUT2D eigenvalue weighted by atomic mass is 10.1. The number of aromatic nitrogens is 1. The van der Waals surface area contributed by atoms with Crippen LogP contribution in [0.4, 0.5) is 0 Å². The van der Waals surface area contributed by atoms with Crippen molar-refractivity contribution < 1.29 is 14.6 Å². The zero-order chi connectivity index (χ0) is 19.7. The maximum absolute atomic E-state index is 11.8. The number of rotatable bonds is 6. The van der Waals surface area contributed by atoms with Crippen LogP contribution in [0.3, 0.4) is 0 Å². The molecule has 1 amide bonds. The van der Waals surface area contributed by atoms with Gasteiger partial charge in [0.25, 0.3) is 0 Å². The third-order valence-electron chi connectivity index (χ3n) is 5.10. The molecule has 7 nitrogen and oxygen atoms in total. The lowest BCUT2D eigenvalue weighted by Gasteiger charge is -2.22. The molecule has 1 aromatic carbocycles. The van der Waals surface area contributed by atoms with Crippen LogP contribution in [-0.4, -0.2) is 64.9 Å². The highest BCUT2D eigenvalue weighted by atomic mass is 32.1. The Morgan fingerprint density at radius 2 is 2.00 bits per heavy atom. The zero-order valence-electron chi connectivity index (χ0n) is 15.6. The number of nitrogens with one attached hydrogen (secondary N) is 1. The van der Waals surface area contributed by atoms with Gasteiger partial charge in [-0.25, -0.2) is 4.98 Å². The Morgan fingerprint density at radius 3 is 2.68 bits per heavy atom. The highest BCUT2D eigenvalue weighted by Crippen LogP contribution is 2.32. The van der Waals surface area contributed by atoms with Gasteiger partial charge in [0.1, 0.15) is 22.4 Å². The SMILES string of the molecule is COc1ccc(-c2csc(C3=C(O)CN(CCN4CCCC4=O)C3=N)n2)cc1. The molecule has 3 heterocycles. The van der Waals surface area contributed by atoms with Gasteiger partial charge in [0.15, 0.2) is 0 Å². The highest BCUT2D eigenvalue weighted by molar-refractivity contribution is 7.11. The van der Waals surface area contributed by atoms with Gasteiger partial charge in [-0.1, -0.05) is 0 Å². The summed E-state index contributed by atoms with van der Waals surface area (Å²) in [7, 11) is 1.63. The van der Waals surface area contributed by atoms with Crippen LogP contribution in [0.2, 0.25) is 0 Å². The van der Waals surface area contributed by atoms with E-state index < -0.39 is 0 Å². The van der Waals surface area contributed by atoms with Crippen molar-refractivity contribution >= 4 is 28.7 Å². The molecular formula is C20H22N4O3S. The summed E-state index contributed by atoms with van der Waals surface area (Å²) in [5, 5.41) is 21.5. The first-order valence-electron chi connectivity index (χ1n) is 9.21. The number of nitrogens with zero attached hydrogens (tertiary/aromatic N) is 3.